The lowest BCUT2D eigenvalue weighted by atomic mass is 10.3. The normalized spacial score (nSPS) is 11.5. The van der Waals surface area contributed by atoms with E-state index in [2.05, 4.69) is 0 Å². The van der Waals surface area contributed by atoms with Crippen LogP contribution in [0.5, 0.6) is 0 Å². The summed E-state index contributed by atoms with van der Waals surface area (Å²) in [5.74, 6) is -2.00. The highest BCUT2D eigenvalue weighted by atomic mass is 32.2. The van der Waals surface area contributed by atoms with E-state index >= 15 is 0 Å². The molecule has 0 aliphatic heterocycles. The number of hydrogen-bond donors (Lipinski definition) is 2. The third kappa shape index (κ3) is 2.91. The molecular weight excluding hydrogens is 296 g/mol. The summed E-state index contributed by atoms with van der Waals surface area (Å²) in [4.78, 5) is 0.439. The molecule has 1 heterocycles. The molecule has 0 saturated heterocycles. The standard InChI is InChI=1S/C11H9F2NO3S2/c12-8-2-1-3-9(13)11(8)14-19(16,17)10-5-4-7(6-15)18-10/h1-5,14-15H,6H2. The molecule has 0 aliphatic rings. The lowest BCUT2D eigenvalue weighted by Gasteiger charge is -2.08. The van der Waals surface area contributed by atoms with E-state index in [0.29, 0.717) is 4.88 Å². The highest BCUT2D eigenvalue weighted by Gasteiger charge is 2.20. The first-order valence-electron chi connectivity index (χ1n) is 5.10. The maximum atomic E-state index is 13.4. The molecule has 2 N–H and O–H groups in total. The fraction of sp³-hybridized carbons (Fsp3) is 0.0909. The molecular formula is C11H9F2NO3S2. The van der Waals surface area contributed by atoms with E-state index < -0.39 is 27.3 Å². The number of anilines is 1. The second kappa shape index (κ2) is 5.24. The van der Waals surface area contributed by atoms with E-state index in [4.69, 9.17) is 5.11 Å². The minimum absolute atomic E-state index is 0.126. The van der Waals surface area contributed by atoms with Crippen LogP contribution in [0.15, 0.2) is 34.5 Å². The number of para-hydroxylation sites is 1. The smallest absolute Gasteiger partial charge is 0.271 e. The Labute approximate surface area is 112 Å². The molecule has 1 aromatic heterocycles. The zero-order valence-corrected chi connectivity index (χ0v) is 11.1. The summed E-state index contributed by atoms with van der Waals surface area (Å²) in [5, 5.41) is 8.87. The number of nitrogens with one attached hydrogen (secondary N) is 1. The SMILES string of the molecule is O=S(=O)(Nc1c(F)cccc1F)c1ccc(CO)s1. The topological polar surface area (TPSA) is 66.4 Å². The molecule has 19 heavy (non-hydrogen) atoms. The van der Waals surface area contributed by atoms with E-state index in [0.717, 1.165) is 29.5 Å². The van der Waals surface area contributed by atoms with Crippen molar-refractivity contribution < 1.29 is 22.3 Å². The largest absolute Gasteiger partial charge is 0.391 e. The van der Waals surface area contributed by atoms with Crippen LogP contribution < -0.4 is 4.72 Å². The Bertz CT molecular complexity index is 677. The zero-order valence-electron chi connectivity index (χ0n) is 9.43. The minimum Gasteiger partial charge on any atom is -0.391 e. The molecule has 102 valence electrons. The van der Waals surface area contributed by atoms with E-state index in [1.807, 2.05) is 4.72 Å². The van der Waals surface area contributed by atoms with Gasteiger partial charge in [-0.2, -0.15) is 0 Å². The Balaban J connectivity index is 2.36. The van der Waals surface area contributed by atoms with Crippen LogP contribution in [0.3, 0.4) is 0 Å². The highest BCUT2D eigenvalue weighted by Crippen LogP contribution is 2.26. The first kappa shape index (κ1) is 13.9. The fourth-order valence-corrected chi connectivity index (χ4v) is 3.66. The van der Waals surface area contributed by atoms with Crippen molar-refractivity contribution in [3.8, 4) is 0 Å². The number of sulfonamides is 1. The average Bonchev–Trinajstić information content (AvgIpc) is 2.83. The van der Waals surface area contributed by atoms with E-state index in [9.17, 15) is 17.2 Å². The van der Waals surface area contributed by atoms with Crippen molar-refractivity contribution in [3.05, 3.63) is 46.8 Å². The van der Waals surface area contributed by atoms with Gasteiger partial charge in [0.05, 0.1) is 6.61 Å². The van der Waals surface area contributed by atoms with E-state index in [1.165, 1.54) is 12.1 Å². The Morgan fingerprint density at radius 1 is 1.16 bits per heavy atom. The highest BCUT2D eigenvalue weighted by molar-refractivity contribution is 7.94. The van der Waals surface area contributed by atoms with Gasteiger partial charge >= 0.3 is 0 Å². The molecule has 0 aliphatic carbocycles. The number of thiophene rings is 1. The number of aliphatic hydroxyl groups is 1. The zero-order chi connectivity index (χ0) is 14.0. The van der Waals surface area contributed by atoms with Crippen molar-refractivity contribution in [2.75, 3.05) is 4.72 Å². The van der Waals surface area contributed by atoms with E-state index in [1.54, 1.807) is 0 Å². The Morgan fingerprint density at radius 3 is 2.32 bits per heavy atom. The summed E-state index contributed by atoms with van der Waals surface area (Å²) in [6.07, 6.45) is 0. The molecule has 0 amide bonds. The van der Waals surface area contributed by atoms with Gasteiger partial charge in [-0.15, -0.1) is 11.3 Å². The van der Waals surface area contributed by atoms with Crippen molar-refractivity contribution in [2.24, 2.45) is 0 Å². The summed E-state index contributed by atoms with van der Waals surface area (Å²) in [6, 6.07) is 5.73. The molecule has 2 aromatic rings. The van der Waals surface area contributed by atoms with Crippen LogP contribution >= 0.6 is 11.3 Å². The third-order valence-corrected chi connectivity index (χ3v) is 5.17. The number of aliphatic hydroxyl groups excluding tert-OH is 1. The molecule has 0 unspecified atom stereocenters. The third-order valence-electron chi connectivity index (χ3n) is 2.26. The molecule has 2 rings (SSSR count). The fourth-order valence-electron chi connectivity index (χ4n) is 1.37. The predicted molar refractivity (Wildman–Crippen MR) is 67.4 cm³/mol. The molecule has 8 heteroatoms. The second-order valence-corrected chi connectivity index (χ2v) is 6.66. The number of rotatable bonds is 4. The van der Waals surface area contributed by atoms with Crippen molar-refractivity contribution in [1.82, 2.24) is 0 Å². The number of benzene rings is 1. The minimum atomic E-state index is -4.07. The number of halogens is 2. The van der Waals surface area contributed by atoms with Gasteiger partial charge in [-0.3, -0.25) is 4.72 Å². The lowest BCUT2D eigenvalue weighted by molar-refractivity contribution is 0.285. The van der Waals surface area contributed by atoms with Crippen molar-refractivity contribution in [2.45, 2.75) is 10.8 Å². The van der Waals surface area contributed by atoms with Gasteiger partial charge in [-0.25, -0.2) is 17.2 Å². The van der Waals surface area contributed by atoms with Crippen LogP contribution in [0.4, 0.5) is 14.5 Å². The monoisotopic (exact) mass is 305 g/mol. The van der Waals surface area contributed by atoms with Gasteiger partial charge in [-0.1, -0.05) is 6.07 Å². The van der Waals surface area contributed by atoms with Crippen LogP contribution in [-0.2, 0) is 16.6 Å². The summed E-state index contributed by atoms with van der Waals surface area (Å²) >= 11 is 0.825. The van der Waals surface area contributed by atoms with Gasteiger partial charge in [0, 0.05) is 4.88 Å². The van der Waals surface area contributed by atoms with Crippen molar-refractivity contribution >= 4 is 27.0 Å². The number of hydrogen-bond acceptors (Lipinski definition) is 4. The van der Waals surface area contributed by atoms with Crippen LogP contribution in [0.25, 0.3) is 0 Å². The maximum Gasteiger partial charge on any atom is 0.271 e. The average molecular weight is 305 g/mol. The Hall–Kier alpha value is -1.51. The molecule has 0 atom stereocenters. The van der Waals surface area contributed by atoms with Crippen LogP contribution in [0, 0.1) is 11.6 Å². The van der Waals surface area contributed by atoms with Gasteiger partial charge < -0.3 is 5.11 Å². The lowest BCUT2D eigenvalue weighted by Crippen LogP contribution is -2.13. The first-order chi connectivity index (χ1) is 8.94. The molecule has 0 fully saturated rings. The molecule has 1 aromatic carbocycles. The van der Waals surface area contributed by atoms with Crippen LogP contribution in [0.1, 0.15) is 4.88 Å². The van der Waals surface area contributed by atoms with Gasteiger partial charge in [-0.05, 0) is 24.3 Å². The Kier molecular flexibility index (Phi) is 3.83. The molecule has 0 saturated carbocycles. The molecule has 0 radical (unpaired) electrons. The van der Waals surface area contributed by atoms with Crippen molar-refractivity contribution in [1.29, 1.82) is 0 Å². The quantitative estimate of drug-likeness (QED) is 0.911. The van der Waals surface area contributed by atoms with E-state index in [-0.39, 0.29) is 10.8 Å². The summed E-state index contributed by atoms with van der Waals surface area (Å²) in [7, 11) is -4.07. The van der Waals surface area contributed by atoms with Gasteiger partial charge in [0.2, 0.25) is 0 Å². The summed E-state index contributed by atoms with van der Waals surface area (Å²) in [6.45, 7) is -0.297. The van der Waals surface area contributed by atoms with Crippen LogP contribution in [0.2, 0.25) is 0 Å². The maximum absolute atomic E-state index is 13.4. The Morgan fingerprint density at radius 2 is 1.79 bits per heavy atom. The van der Waals surface area contributed by atoms with Gasteiger partial charge in [0.15, 0.2) is 0 Å². The molecule has 0 bridgehead atoms. The second-order valence-electron chi connectivity index (χ2n) is 3.58. The van der Waals surface area contributed by atoms with Crippen LogP contribution in [-0.4, -0.2) is 13.5 Å². The molecule has 4 nitrogen and oxygen atoms in total. The first-order valence-corrected chi connectivity index (χ1v) is 7.40. The van der Waals surface area contributed by atoms with Gasteiger partial charge in [0.1, 0.15) is 21.5 Å². The predicted octanol–water partition coefficient (Wildman–Crippen LogP) is 2.32. The summed E-state index contributed by atoms with van der Waals surface area (Å²) < 4.78 is 52.3. The van der Waals surface area contributed by atoms with Crippen molar-refractivity contribution in [3.63, 3.8) is 0 Å². The van der Waals surface area contributed by atoms with Gasteiger partial charge in [0.25, 0.3) is 10.0 Å². The molecule has 0 spiro atoms. The summed E-state index contributed by atoms with van der Waals surface area (Å²) in [5.41, 5.74) is -0.721.